The highest BCUT2D eigenvalue weighted by molar-refractivity contribution is 6.32. The number of halogens is 1. The van der Waals surface area contributed by atoms with Gasteiger partial charge in [0.05, 0.1) is 19.2 Å². The fourth-order valence-corrected chi connectivity index (χ4v) is 3.25. The minimum atomic E-state index is -0.635. The molecular formula is C22H24ClNO5. The molecule has 2 aromatic rings. The van der Waals surface area contributed by atoms with Crippen LogP contribution < -0.4 is 9.47 Å². The van der Waals surface area contributed by atoms with Crippen LogP contribution in [-0.4, -0.2) is 37.1 Å². The number of Topliss-reactive ketones (excluding diaryl/α,β-unsaturated/α-hetero) is 1. The van der Waals surface area contributed by atoms with Crippen molar-refractivity contribution in [3.05, 3.63) is 64.5 Å². The predicted molar refractivity (Wildman–Crippen MR) is 113 cm³/mol. The van der Waals surface area contributed by atoms with E-state index in [-0.39, 0.29) is 12.4 Å². The van der Waals surface area contributed by atoms with Gasteiger partial charge in [0, 0.05) is 29.6 Å². The fraction of sp³-hybridized carbons (Fsp3) is 0.273. The van der Waals surface area contributed by atoms with Crippen molar-refractivity contribution in [1.82, 2.24) is 4.57 Å². The Labute approximate surface area is 175 Å². The average molecular weight is 418 g/mol. The molecule has 1 heterocycles. The van der Waals surface area contributed by atoms with Crippen molar-refractivity contribution in [2.24, 2.45) is 0 Å². The van der Waals surface area contributed by atoms with E-state index in [1.807, 2.05) is 18.4 Å². The number of allylic oxidation sites excluding steroid dienone is 1. The molecule has 7 heteroatoms. The fourth-order valence-electron chi connectivity index (χ4n) is 2.95. The molecule has 0 aliphatic rings. The van der Waals surface area contributed by atoms with Gasteiger partial charge in [-0.25, -0.2) is 4.79 Å². The summed E-state index contributed by atoms with van der Waals surface area (Å²) in [6.45, 7) is 7.76. The number of carbonyl (C=O) groups excluding carboxylic acids is 2. The quantitative estimate of drug-likeness (QED) is 0.262. The summed E-state index contributed by atoms with van der Waals surface area (Å²) in [7, 11) is 2.98. The molecule has 0 unspecified atom stereocenters. The van der Waals surface area contributed by atoms with Crippen molar-refractivity contribution in [1.29, 1.82) is 0 Å². The topological polar surface area (TPSA) is 66.8 Å². The number of hydrogen-bond acceptors (Lipinski definition) is 5. The molecule has 0 bridgehead atoms. The van der Waals surface area contributed by atoms with Gasteiger partial charge in [0.25, 0.3) is 0 Å². The Hall–Kier alpha value is -2.99. The Kier molecular flexibility index (Phi) is 7.67. The number of benzene rings is 1. The molecule has 29 heavy (non-hydrogen) atoms. The molecule has 0 saturated heterocycles. The first-order valence-corrected chi connectivity index (χ1v) is 9.27. The van der Waals surface area contributed by atoms with E-state index in [1.54, 1.807) is 24.3 Å². The maximum absolute atomic E-state index is 12.4. The highest BCUT2D eigenvalue weighted by atomic mass is 35.5. The molecule has 0 fully saturated rings. The average Bonchev–Trinajstić information content (AvgIpc) is 2.98. The number of nitrogens with zero attached hydrogens (tertiary/aromatic N) is 1. The van der Waals surface area contributed by atoms with Crippen molar-refractivity contribution in [2.75, 3.05) is 20.8 Å². The third-order valence-electron chi connectivity index (χ3n) is 4.40. The molecule has 0 amide bonds. The molecule has 0 aliphatic carbocycles. The normalized spacial score (nSPS) is 10.8. The molecule has 0 aliphatic heterocycles. The number of esters is 1. The molecule has 1 aromatic carbocycles. The Balaban J connectivity index is 2.03. The summed E-state index contributed by atoms with van der Waals surface area (Å²) in [5.41, 5.74) is 2.93. The largest absolute Gasteiger partial charge is 0.493 e. The smallest absolute Gasteiger partial charge is 0.331 e. The van der Waals surface area contributed by atoms with Crippen molar-refractivity contribution in [2.45, 2.75) is 20.4 Å². The Morgan fingerprint density at radius 2 is 1.90 bits per heavy atom. The van der Waals surface area contributed by atoms with Crippen LogP contribution in [0.3, 0.4) is 0 Å². The third-order valence-corrected chi connectivity index (χ3v) is 4.68. The van der Waals surface area contributed by atoms with E-state index >= 15 is 0 Å². The van der Waals surface area contributed by atoms with Gasteiger partial charge in [-0.2, -0.15) is 0 Å². The molecular weight excluding hydrogens is 394 g/mol. The summed E-state index contributed by atoms with van der Waals surface area (Å²) in [6.07, 6.45) is 4.52. The van der Waals surface area contributed by atoms with Gasteiger partial charge in [-0.15, -0.1) is 6.58 Å². The number of carbonyl (C=O) groups is 2. The monoisotopic (exact) mass is 417 g/mol. The van der Waals surface area contributed by atoms with E-state index in [0.29, 0.717) is 34.2 Å². The lowest BCUT2D eigenvalue weighted by atomic mass is 10.1. The van der Waals surface area contributed by atoms with Crippen LogP contribution in [0.25, 0.3) is 6.08 Å². The minimum absolute atomic E-state index is 0.260. The van der Waals surface area contributed by atoms with Crippen molar-refractivity contribution < 1.29 is 23.8 Å². The second-order valence-corrected chi connectivity index (χ2v) is 6.69. The second kappa shape index (κ2) is 9.98. The van der Waals surface area contributed by atoms with Gasteiger partial charge >= 0.3 is 5.97 Å². The van der Waals surface area contributed by atoms with Gasteiger partial charge in [-0.1, -0.05) is 17.7 Å². The number of aromatic nitrogens is 1. The lowest BCUT2D eigenvalue weighted by Gasteiger charge is -2.10. The lowest BCUT2D eigenvalue weighted by Crippen LogP contribution is -2.13. The highest BCUT2D eigenvalue weighted by Crippen LogP contribution is 2.36. The molecule has 0 saturated carbocycles. The van der Waals surface area contributed by atoms with E-state index in [1.165, 1.54) is 26.4 Å². The summed E-state index contributed by atoms with van der Waals surface area (Å²) in [5, 5.41) is 0.352. The van der Waals surface area contributed by atoms with Crippen LogP contribution in [0.2, 0.25) is 5.02 Å². The summed E-state index contributed by atoms with van der Waals surface area (Å²) < 4.78 is 17.4. The number of aryl methyl sites for hydroxylation is 1. The zero-order valence-corrected chi connectivity index (χ0v) is 17.7. The number of methoxy groups -OCH3 is 2. The minimum Gasteiger partial charge on any atom is -0.493 e. The van der Waals surface area contributed by atoms with Crippen LogP contribution in [0.5, 0.6) is 11.5 Å². The number of hydrogen-bond donors (Lipinski definition) is 0. The zero-order valence-electron chi connectivity index (χ0n) is 17.0. The predicted octanol–water partition coefficient (Wildman–Crippen LogP) is 4.40. The standard InChI is InChI=1S/C22H24ClNO5/c1-6-9-24-14(2)10-17(15(24)3)19(25)13-29-21(26)8-7-16-11-18(23)22(28-5)20(12-16)27-4/h6-8,10-12H,1,9,13H2,2-5H3/b8-7+. The number of rotatable bonds is 9. The van der Waals surface area contributed by atoms with Gasteiger partial charge in [0.15, 0.2) is 18.1 Å². The van der Waals surface area contributed by atoms with Crippen molar-refractivity contribution >= 4 is 29.4 Å². The van der Waals surface area contributed by atoms with Crippen LogP contribution >= 0.6 is 11.6 Å². The molecule has 0 radical (unpaired) electrons. The van der Waals surface area contributed by atoms with Gasteiger partial charge in [-0.3, -0.25) is 4.79 Å². The first-order chi connectivity index (χ1) is 13.8. The van der Waals surface area contributed by atoms with Crippen LogP contribution in [-0.2, 0) is 16.1 Å². The summed E-state index contributed by atoms with van der Waals surface area (Å²) in [6, 6.07) is 5.09. The van der Waals surface area contributed by atoms with E-state index in [2.05, 4.69) is 6.58 Å². The van der Waals surface area contributed by atoms with E-state index < -0.39 is 5.97 Å². The SMILES string of the molecule is C=CCn1c(C)cc(C(=O)COC(=O)/C=C/c2cc(Cl)c(OC)c(OC)c2)c1C. The molecule has 2 rings (SSSR count). The molecule has 1 aromatic heterocycles. The molecule has 154 valence electrons. The Bertz CT molecular complexity index is 959. The number of ketones is 1. The molecule has 0 atom stereocenters. The zero-order chi connectivity index (χ0) is 21.6. The highest BCUT2D eigenvalue weighted by Gasteiger charge is 2.16. The van der Waals surface area contributed by atoms with Gasteiger partial charge in [-0.05, 0) is 43.7 Å². The van der Waals surface area contributed by atoms with E-state index in [0.717, 1.165) is 11.4 Å². The third kappa shape index (κ3) is 5.29. The first-order valence-electron chi connectivity index (χ1n) is 8.89. The van der Waals surface area contributed by atoms with Crippen LogP contribution in [0.4, 0.5) is 0 Å². The number of ether oxygens (including phenoxy) is 3. The van der Waals surface area contributed by atoms with Gasteiger partial charge < -0.3 is 18.8 Å². The van der Waals surface area contributed by atoms with Gasteiger partial charge in [0.2, 0.25) is 5.78 Å². The Morgan fingerprint density at radius 1 is 1.17 bits per heavy atom. The molecule has 0 spiro atoms. The summed E-state index contributed by atoms with van der Waals surface area (Å²) in [5.74, 6) is -0.0416. The summed E-state index contributed by atoms with van der Waals surface area (Å²) >= 11 is 6.14. The Morgan fingerprint density at radius 3 is 2.52 bits per heavy atom. The summed E-state index contributed by atoms with van der Waals surface area (Å²) in [4.78, 5) is 24.4. The van der Waals surface area contributed by atoms with Crippen LogP contribution in [0.1, 0.15) is 27.3 Å². The lowest BCUT2D eigenvalue weighted by molar-refractivity contribution is -0.136. The van der Waals surface area contributed by atoms with E-state index in [9.17, 15) is 9.59 Å². The van der Waals surface area contributed by atoms with Crippen molar-refractivity contribution in [3.8, 4) is 11.5 Å². The van der Waals surface area contributed by atoms with Crippen LogP contribution in [0, 0.1) is 13.8 Å². The van der Waals surface area contributed by atoms with Crippen LogP contribution in [0.15, 0.2) is 36.9 Å². The second-order valence-electron chi connectivity index (χ2n) is 6.29. The molecule has 0 N–H and O–H groups in total. The molecule has 6 nitrogen and oxygen atoms in total. The first kappa shape index (κ1) is 22.3. The van der Waals surface area contributed by atoms with Gasteiger partial charge in [0.1, 0.15) is 0 Å². The maximum Gasteiger partial charge on any atom is 0.331 e. The maximum atomic E-state index is 12.4. The van der Waals surface area contributed by atoms with Crippen molar-refractivity contribution in [3.63, 3.8) is 0 Å². The van der Waals surface area contributed by atoms with E-state index in [4.69, 9.17) is 25.8 Å².